The van der Waals surface area contributed by atoms with Crippen molar-refractivity contribution in [1.29, 1.82) is 0 Å². The third-order valence-corrected chi connectivity index (χ3v) is 4.90. The molecule has 5 heteroatoms. The first-order valence-electron chi connectivity index (χ1n) is 6.42. The Kier molecular flexibility index (Phi) is 5.43. The second-order valence-electron chi connectivity index (χ2n) is 5.13. The summed E-state index contributed by atoms with van der Waals surface area (Å²) in [5.41, 5.74) is 0. The maximum atomic E-state index is 11.6. The second-order valence-corrected chi connectivity index (χ2v) is 7.31. The predicted octanol–water partition coefficient (Wildman–Crippen LogP) is 1.51. The molecule has 0 saturated heterocycles. The highest BCUT2D eigenvalue weighted by Crippen LogP contribution is 2.23. The fourth-order valence-corrected chi connectivity index (χ4v) is 3.67. The second kappa shape index (κ2) is 6.38. The summed E-state index contributed by atoms with van der Waals surface area (Å²) in [6.07, 6.45) is 4.84. The Morgan fingerprint density at radius 3 is 2.65 bits per heavy atom. The third-order valence-electron chi connectivity index (χ3n) is 3.17. The Labute approximate surface area is 104 Å². The summed E-state index contributed by atoms with van der Waals surface area (Å²) in [6.45, 7) is 3.98. The van der Waals surface area contributed by atoms with E-state index in [-0.39, 0.29) is 23.5 Å². The summed E-state index contributed by atoms with van der Waals surface area (Å²) in [6, 6.07) is 0.170. The Bertz CT molecular complexity index is 351. The van der Waals surface area contributed by atoms with Gasteiger partial charge in [-0.1, -0.05) is 26.7 Å². The van der Waals surface area contributed by atoms with Gasteiger partial charge in [-0.15, -0.1) is 0 Å². The van der Waals surface area contributed by atoms with Crippen molar-refractivity contribution in [2.45, 2.75) is 52.0 Å². The van der Waals surface area contributed by atoms with Crippen LogP contribution in [-0.4, -0.2) is 31.9 Å². The summed E-state index contributed by atoms with van der Waals surface area (Å²) < 4.78 is 23.0. The molecule has 1 aliphatic rings. The number of hydrogen-bond donors (Lipinski definition) is 1. The maximum absolute atomic E-state index is 11.6. The Morgan fingerprint density at radius 1 is 1.35 bits per heavy atom. The number of rotatable bonds is 5. The molecule has 0 aliphatic heterocycles. The molecular weight excluding hydrogens is 238 g/mol. The van der Waals surface area contributed by atoms with E-state index in [1.54, 1.807) is 6.92 Å². The van der Waals surface area contributed by atoms with E-state index in [9.17, 15) is 13.2 Å². The maximum Gasteiger partial charge on any atom is 0.235 e. The topological polar surface area (TPSA) is 63.2 Å². The lowest BCUT2D eigenvalue weighted by Crippen LogP contribution is -2.41. The SMILES string of the molecule is CCCS(=O)(=O)CC(=O)NC1CCCC(C)C1. The highest BCUT2D eigenvalue weighted by Gasteiger charge is 2.22. The molecule has 17 heavy (non-hydrogen) atoms. The third kappa shape index (κ3) is 5.52. The molecular formula is C12H23NO3S. The van der Waals surface area contributed by atoms with E-state index in [4.69, 9.17) is 0 Å². The molecule has 1 aliphatic carbocycles. The minimum Gasteiger partial charge on any atom is -0.352 e. The van der Waals surface area contributed by atoms with Crippen molar-refractivity contribution in [2.75, 3.05) is 11.5 Å². The standard InChI is InChI=1S/C12H23NO3S/c1-3-7-17(15,16)9-12(14)13-11-6-4-5-10(2)8-11/h10-11H,3-9H2,1-2H3,(H,13,14). The molecule has 0 aromatic carbocycles. The smallest absolute Gasteiger partial charge is 0.235 e. The summed E-state index contributed by atoms with van der Waals surface area (Å²) >= 11 is 0. The average molecular weight is 261 g/mol. The molecule has 1 fully saturated rings. The summed E-state index contributed by atoms with van der Waals surface area (Å²) in [7, 11) is -3.21. The van der Waals surface area contributed by atoms with Gasteiger partial charge in [0.25, 0.3) is 0 Å². The minimum absolute atomic E-state index is 0.0987. The van der Waals surface area contributed by atoms with Gasteiger partial charge in [-0.2, -0.15) is 0 Å². The van der Waals surface area contributed by atoms with E-state index in [1.807, 2.05) is 0 Å². The van der Waals surface area contributed by atoms with Crippen LogP contribution in [-0.2, 0) is 14.6 Å². The molecule has 0 bridgehead atoms. The van der Waals surface area contributed by atoms with Crippen molar-refractivity contribution in [1.82, 2.24) is 5.32 Å². The van der Waals surface area contributed by atoms with Gasteiger partial charge in [-0.05, 0) is 25.2 Å². The van der Waals surface area contributed by atoms with Crippen LogP contribution >= 0.6 is 0 Å². The fraction of sp³-hybridized carbons (Fsp3) is 0.917. The van der Waals surface area contributed by atoms with Crippen molar-refractivity contribution >= 4 is 15.7 Å². The Hall–Kier alpha value is -0.580. The zero-order valence-corrected chi connectivity index (χ0v) is 11.6. The molecule has 0 heterocycles. The number of amides is 1. The molecule has 2 unspecified atom stereocenters. The molecule has 100 valence electrons. The van der Waals surface area contributed by atoms with Crippen molar-refractivity contribution in [3.63, 3.8) is 0 Å². The van der Waals surface area contributed by atoms with E-state index in [0.29, 0.717) is 12.3 Å². The molecule has 0 radical (unpaired) electrons. The quantitative estimate of drug-likeness (QED) is 0.816. The van der Waals surface area contributed by atoms with Crippen LogP contribution in [0.5, 0.6) is 0 Å². The number of nitrogens with one attached hydrogen (secondary N) is 1. The van der Waals surface area contributed by atoms with Crippen LogP contribution in [0.3, 0.4) is 0 Å². The van der Waals surface area contributed by atoms with E-state index >= 15 is 0 Å². The van der Waals surface area contributed by atoms with E-state index in [1.165, 1.54) is 6.42 Å². The van der Waals surface area contributed by atoms with Crippen LogP contribution < -0.4 is 5.32 Å². The monoisotopic (exact) mass is 261 g/mol. The van der Waals surface area contributed by atoms with Crippen molar-refractivity contribution in [3.8, 4) is 0 Å². The molecule has 1 amide bonds. The van der Waals surface area contributed by atoms with Gasteiger partial charge < -0.3 is 5.32 Å². The minimum atomic E-state index is -3.21. The van der Waals surface area contributed by atoms with Gasteiger partial charge in [0.05, 0.1) is 5.75 Å². The first kappa shape index (κ1) is 14.5. The molecule has 1 saturated carbocycles. The molecule has 0 aromatic rings. The first-order chi connectivity index (χ1) is 7.93. The number of carbonyl (C=O) groups excluding carboxylic acids is 1. The highest BCUT2D eigenvalue weighted by molar-refractivity contribution is 7.92. The predicted molar refractivity (Wildman–Crippen MR) is 68.5 cm³/mol. The lowest BCUT2D eigenvalue weighted by molar-refractivity contribution is -0.119. The van der Waals surface area contributed by atoms with Crippen LogP contribution in [0.4, 0.5) is 0 Å². The van der Waals surface area contributed by atoms with Crippen LogP contribution in [0.2, 0.25) is 0 Å². The van der Waals surface area contributed by atoms with E-state index in [2.05, 4.69) is 12.2 Å². The number of hydrogen-bond acceptors (Lipinski definition) is 3. The Balaban J connectivity index is 2.39. The molecule has 4 nitrogen and oxygen atoms in total. The molecule has 0 aromatic heterocycles. The van der Waals surface area contributed by atoms with Gasteiger partial charge in [-0.3, -0.25) is 4.79 Å². The lowest BCUT2D eigenvalue weighted by Gasteiger charge is -2.27. The average Bonchev–Trinajstić information content (AvgIpc) is 2.15. The first-order valence-corrected chi connectivity index (χ1v) is 8.25. The fourth-order valence-electron chi connectivity index (χ4n) is 2.42. The molecule has 1 N–H and O–H groups in total. The van der Waals surface area contributed by atoms with E-state index in [0.717, 1.165) is 19.3 Å². The highest BCUT2D eigenvalue weighted by atomic mass is 32.2. The lowest BCUT2D eigenvalue weighted by atomic mass is 9.87. The van der Waals surface area contributed by atoms with Crippen molar-refractivity contribution < 1.29 is 13.2 Å². The van der Waals surface area contributed by atoms with Crippen molar-refractivity contribution in [2.24, 2.45) is 5.92 Å². The van der Waals surface area contributed by atoms with Gasteiger partial charge in [-0.25, -0.2) is 8.42 Å². The van der Waals surface area contributed by atoms with Crippen molar-refractivity contribution in [3.05, 3.63) is 0 Å². The largest absolute Gasteiger partial charge is 0.352 e. The Morgan fingerprint density at radius 2 is 2.06 bits per heavy atom. The van der Waals surface area contributed by atoms with Crippen LogP contribution in [0, 0.1) is 5.92 Å². The summed E-state index contributed by atoms with van der Waals surface area (Å²) in [4.78, 5) is 11.6. The van der Waals surface area contributed by atoms with Gasteiger partial charge >= 0.3 is 0 Å². The van der Waals surface area contributed by atoms with Crippen LogP contribution in [0.15, 0.2) is 0 Å². The van der Waals surface area contributed by atoms with Gasteiger partial charge in [0.1, 0.15) is 5.75 Å². The van der Waals surface area contributed by atoms with Gasteiger partial charge in [0.15, 0.2) is 9.84 Å². The summed E-state index contributed by atoms with van der Waals surface area (Å²) in [5.74, 6) is 0.0339. The molecule has 1 rings (SSSR count). The van der Waals surface area contributed by atoms with E-state index < -0.39 is 9.84 Å². The van der Waals surface area contributed by atoms with Gasteiger partial charge in [0, 0.05) is 6.04 Å². The van der Waals surface area contributed by atoms with Gasteiger partial charge in [0.2, 0.25) is 5.91 Å². The zero-order valence-electron chi connectivity index (χ0n) is 10.7. The summed E-state index contributed by atoms with van der Waals surface area (Å²) in [5, 5.41) is 2.85. The normalized spacial score (nSPS) is 25.5. The van der Waals surface area contributed by atoms with Crippen LogP contribution in [0.25, 0.3) is 0 Å². The van der Waals surface area contributed by atoms with Crippen LogP contribution in [0.1, 0.15) is 46.0 Å². The number of carbonyl (C=O) groups is 1. The molecule has 2 atom stereocenters. The zero-order chi connectivity index (χ0) is 12.9. The number of sulfone groups is 1. The molecule has 0 spiro atoms.